The first kappa shape index (κ1) is 17.9. The van der Waals surface area contributed by atoms with Crippen molar-refractivity contribution in [1.82, 2.24) is 4.72 Å². The number of hydrogen-bond donors (Lipinski definition) is 2. The molecule has 1 aromatic carbocycles. The van der Waals surface area contributed by atoms with E-state index in [0.29, 0.717) is 24.3 Å². The second kappa shape index (κ2) is 7.24. The molecule has 120 valence electrons. The fourth-order valence-corrected chi connectivity index (χ4v) is 4.08. The third-order valence-electron chi connectivity index (χ3n) is 3.26. The summed E-state index contributed by atoms with van der Waals surface area (Å²) in [7, 11) is -2.03. The van der Waals surface area contributed by atoms with Gasteiger partial charge in [-0.1, -0.05) is 13.3 Å². The maximum absolute atomic E-state index is 12.6. The maximum Gasteiger partial charge on any atom is 0.241 e. The van der Waals surface area contributed by atoms with Crippen LogP contribution in [-0.2, 0) is 16.4 Å². The molecule has 0 amide bonds. The first-order chi connectivity index (χ1) is 9.75. The van der Waals surface area contributed by atoms with E-state index in [0.717, 1.165) is 12.8 Å². The van der Waals surface area contributed by atoms with Gasteiger partial charge in [-0.15, -0.1) is 0 Å². The molecule has 0 spiro atoms. The largest absolute Gasteiger partial charge is 0.497 e. The van der Waals surface area contributed by atoms with Crippen molar-refractivity contribution in [2.24, 2.45) is 5.73 Å². The van der Waals surface area contributed by atoms with Gasteiger partial charge in [-0.05, 0) is 57.0 Å². The summed E-state index contributed by atoms with van der Waals surface area (Å²) in [5.74, 6) is 0.630. The van der Waals surface area contributed by atoms with E-state index in [1.807, 2.05) is 20.8 Å². The lowest BCUT2D eigenvalue weighted by Crippen LogP contribution is -2.43. The summed E-state index contributed by atoms with van der Waals surface area (Å²) in [6.45, 7) is 6.19. The van der Waals surface area contributed by atoms with Crippen LogP contribution in [0.1, 0.15) is 39.2 Å². The lowest BCUT2D eigenvalue weighted by Gasteiger charge is -2.26. The quantitative estimate of drug-likeness (QED) is 0.769. The molecule has 0 bridgehead atoms. The highest BCUT2D eigenvalue weighted by molar-refractivity contribution is 7.89. The summed E-state index contributed by atoms with van der Waals surface area (Å²) in [4.78, 5) is 0.276. The van der Waals surface area contributed by atoms with Gasteiger partial charge in [0.2, 0.25) is 10.0 Å². The number of nitrogens with two attached hydrogens (primary N) is 1. The van der Waals surface area contributed by atoms with Gasteiger partial charge in [0.05, 0.1) is 12.0 Å². The number of sulfonamides is 1. The third kappa shape index (κ3) is 4.98. The molecule has 3 N–H and O–H groups in total. The second-order valence-electron chi connectivity index (χ2n) is 5.75. The van der Waals surface area contributed by atoms with Crippen molar-refractivity contribution in [1.29, 1.82) is 0 Å². The molecule has 0 fully saturated rings. The highest BCUT2D eigenvalue weighted by Gasteiger charge is 2.27. The molecule has 1 rings (SSSR count). The molecule has 0 aliphatic heterocycles. The Kier molecular flexibility index (Phi) is 6.19. The first-order valence-electron chi connectivity index (χ1n) is 7.16. The number of ether oxygens (including phenoxy) is 1. The SMILES string of the molecule is CCCC(C)(C)NS(=O)(=O)c1ccc(OC)cc1CCN. The van der Waals surface area contributed by atoms with Crippen LogP contribution in [0.15, 0.2) is 23.1 Å². The average Bonchev–Trinajstić information content (AvgIpc) is 2.37. The highest BCUT2D eigenvalue weighted by atomic mass is 32.2. The summed E-state index contributed by atoms with van der Waals surface area (Å²) >= 11 is 0. The van der Waals surface area contributed by atoms with Crippen molar-refractivity contribution in [3.63, 3.8) is 0 Å². The van der Waals surface area contributed by atoms with Gasteiger partial charge in [0.15, 0.2) is 0 Å². The molecular weight excluding hydrogens is 288 g/mol. The zero-order valence-corrected chi connectivity index (χ0v) is 14.1. The highest BCUT2D eigenvalue weighted by Crippen LogP contribution is 2.24. The molecule has 0 aliphatic carbocycles. The predicted octanol–water partition coefficient (Wildman–Crippen LogP) is 2.05. The molecule has 21 heavy (non-hydrogen) atoms. The van der Waals surface area contributed by atoms with Gasteiger partial charge in [0.25, 0.3) is 0 Å². The Morgan fingerprint density at radius 2 is 2.00 bits per heavy atom. The van der Waals surface area contributed by atoms with Crippen LogP contribution >= 0.6 is 0 Å². The van der Waals surface area contributed by atoms with Crippen LogP contribution < -0.4 is 15.2 Å². The maximum atomic E-state index is 12.6. The Morgan fingerprint density at radius 1 is 1.33 bits per heavy atom. The summed E-state index contributed by atoms with van der Waals surface area (Å²) in [5.41, 5.74) is 5.78. The van der Waals surface area contributed by atoms with Gasteiger partial charge < -0.3 is 10.5 Å². The normalized spacial score (nSPS) is 12.4. The number of nitrogens with one attached hydrogen (secondary N) is 1. The Morgan fingerprint density at radius 3 is 2.52 bits per heavy atom. The van der Waals surface area contributed by atoms with Crippen molar-refractivity contribution in [2.45, 2.75) is 50.5 Å². The van der Waals surface area contributed by atoms with Gasteiger partial charge in [-0.25, -0.2) is 13.1 Å². The minimum atomic E-state index is -3.58. The monoisotopic (exact) mass is 314 g/mol. The molecule has 5 nitrogen and oxygen atoms in total. The second-order valence-corrected chi connectivity index (χ2v) is 7.40. The third-order valence-corrected chi connectivity index (χ3v) is 5.06. The van der Waals surface area contributed by atoms with Crippen LogP contribution in [0.5, 0.6) is 5.75 Å². The molecule has 0 aliphatic rings. The van der Waals surface area contributed by atoms with E-state index in [1.165, 1.54) is 0 Å². The van der Waals surface area contributed by atoms with E-state index in [-0.39, 0.29) is 4.90 Å². The van der Waals surface area contributed by atoms with Crippen LogP contribution in [0.4, 0.5) is 0 Å². The summed E-state index contributed by atoms with van der Waals surface area (Å²) in [6.07, 6.45) is 2.17. The minimum absolute atomic E-state index is 0.276. The van der Waals surface area contributed by atoms with E-state index in [4.69, 9.17) is 10.5 Å². The summed E-state index contributed by atoms with van der Waals surface area (Å²) < 4.78 is 33.2. The van der Waals surface area contributed by atoms with Crippen LogP contribution in [0.25, 0.3) is 0 Å². The Bertz CT molecular complexity index is 568. The van der Waals surface area contributed by atoms with E-state index >= 15 is 0 Å². The Hall–Kier alpha value is -1.11. The number of benzene rings is 1. The van der Waals surface area contributed by atoms with Crippen molar-refractivity contribution >= 4 is 10.0 Å². The molecule has 6 heteroatoms. The van der Waals surface area contributed by atoms with Crippen LogP contribution in [-0.4, -0.2) is 27.6 Å². The molecule has 0 aromatic heterocycles. The molecule has 0 unspecified atom stereocenters. The van der Waals surface area contributed by atoms with Crippen molar-refractivity contribution in [3.05, 3.63) is 23.8 Å². The van der Waals surface area contributed by atoms with Gasteiger partial charge in [-0.3, -0.25) is 0 Å². The smallest absolute Gasteiger partial charge is 0.241 e. The van der Waals surface area contributed by atoms with Gasteiger partial charge in [-0.2, -0.15) is 0 Å². The van der Waals surface area contributed by atoms with Crippen LogP contribution in [0.2, 0.25) is 0 Å². The molecule has 0 atom stereocenters. The molecule has 0 saturated carbocycles. The van der Waals surface area contributed by atoms with Gasteiger partial charge in [0.1, 0.15) is 5.75 Å². The summed E-state index contributed by atoms with van der Waals surface area (Å²) in [6, 6.07) is 4.96. The lowest BCUT2D eigenvalue weighted by atomic mass is 10.0. The van der Waals surface area contributed by atoms with E-state index < -0.39 is 15.6 Å². The molecule has 1 aromatic rings. The fraction of sp³-hybridized carbons (Fsp3) is 0.600. The standard InChI is InChI=1S/C15H26N2O3S/c1-5-9-15(2,3)17-21(18,19)14-7-6-13(20-4)11-12(14)8-10-16/h6-7,11,17H,5,8-10,16H2,1-4H3. The van der Waals surface area contributed by atoms with E-state index in [2.05, 4.69) is 4.72 Å². The number of hydrogen-bond acceptors (Lipinski definition) is 4. The van der Waals surface area contributed by atoms with Crippen LogP contribution in [0.3, 0.4) is 0 Å². The number of rotatable bonds is 8. The zero-order valence-electron chi connectivity index (χ0n) is 13.3. The van der Waals surface area contributed by atoms with Gasteiger partial charge in [0, 0.05) is 5.54 Å². The molecule has 0 heterocycles. The predicted molar refractivity (Wildman–Crippen MR) is 85.1 cm³/mol. The molecule has 0 radical (unpaired) electrons. The topological polar surface area (TPSA) is 81.4 Å². The Labute approximate surface area is 127 Å². The Balaban J connectivity index is 3.18. The number of methoxy groups -OCH3 is 1. The molecule has 0 saturated heterocycles. The fourth-order valence-electron chi connectivity index (χ4n) is 2.39. The first-order valence-corrected chi connectivity index (χ1v) is 8.65. The molecular formula is C15H26N2O3S. The van der Waals surface area contributed by atoms with Crippen molar-refractivity contribution < 1.29 is 13.2 Å². The van der Waals surface area contributed by atoms with Crippen molar-refractivity contribution in [2.75, 3.05) is 13.7 Å². The lowest BCUT2D eigenvalue weighted by molar-refractivity contribution is 0.412. The van der Waals surface area contributed by atoms with E-state index in [9.17, 15) is 8.42 Å². The zero-order chi connectivity index (χ0) is 16.1. The van der Waals surface area contributed by atoms with E-state index in [1.54, 1.807) is 25.3 Å². The average molecular weight is 314 g/mol. The minimum Gasteiger partial charge on any atom is -0.497 e. The van der Waals surface area contributed by atoms with Gasteiger partial charge >= 0.3 is 0 Å². The summed E-state index contributed by atoms with van der Waals surface area (Å²) in [5, 5.41) is 0. The van der Waals surface area contributed by atoms with Crippen molar-refractivity contribution in [3.8, 4) is 5.75 Å². The van der Waals surface area contributed by atoms with Crippen LogP contribution in [0, 0.1) is 0 Å².